The molecule has 0 bridgehead atoms. The standard InChI is InChI=1S/C17H21N3O4S/c1-19-11-16(9-18-19)25(22,23)12-17(21)20(14-5-6-14)10-13-3-7-15(24-2)8-4-13/h3-4,7-9,11,14H,5-6,10,12H2,1-2H3. The highest BCUT2D eigenvalue weighted by atomic mass is 32.2. The molecule has 0 unspecified atom stereocenters. The van der Waals surface area contributed by atoms with Gasteiger partial charge in [0.1, 0.15) is 16.4 Å². The number of hydrogen-bond donors (Lipinski definition) is 0. The number of sulfone groups is 1. The molecular weight excluding hydrogens is 342 g/mol. The molecular formula is C17H21N3O4S. The molecule has 1 heterocycles. The van der Waals surface area contributed by atoms with Crippen LogP contribution in [0, 0.1) is 0 Å². The molecule has 0 aliphatic heterocycles. The van der Waals surface area contributed by atoms with Gasteiger partial charge in [-0.25, -0.2) is 8.42 Å². The van der Waals surface area contributed by atoms with E-state index in [-0.39, 0.29) is 16.8 Å². The molecule has 1 aliphatic rings. The molecule has 2 aromatic rings. The van der Waals surface area contributed by atoms with Gasteiger partial charge in [-0.1, -0.05) is 12.1 Å². The van der Waals surface area contributed by atoms with Crippen LogP contribution < -0.4 is 4.74 Å². The normalized spacial score (nSPS) is 14.3. The minimum atomic E-state index is -3.69. The van der Waals surface area contributed by atoms with Crippen molar-refractivity contribution in [1.82, 2.24) is 14.7 Å². The van der Waals surface area contributed by atoms with Crippen LogP contribution in [-0.4, -0.2) is 47.9 Å². The Morgan fingerprint density at radius 3 is 2.52 bits per heavy atom. The quantitative estimate of drug-likeness (QED) is 0.743. The average molecular weight is 363 g/mol. The van der Waals surface area contributed by atoms with Gasteiger partial charge in [0, 0.05) is 25.8 Å². The van der Waals surface area contributed by atoms with Crippen LogP contribution in [0.4, 0.5) is 0 Å². The Morgan fingerprint density at radius 2 is 2.00 bits per heavy atom. The molecule has 1 fully saturated rings. The number of methoxy groups -OCH3 is 1. The van der Waals surface area contributed by atoms with Crippen LogP contribution in [0.5, 0.6) is 5.75 Å². The molecule has 0 radical (unpaired) electrons. The number of hydrogen-bond acceptors (Lipinski definition) is 5. The number of carbonyl (C=O) groups is 1. The monoisotopic (exact) mass is 363 g/mol. The first-order valence-electron chi connectivity index (χ1n) is 8.03. The molecule has 134 valence electrons. The van der Waals surface area contributed by atoms with E-state index in [1.165, 1.54) is 17.1 Å². The Balaban J connectivity index is 1.72. The summed E-state index contributed by atoms with van der Waals surface area (Å²) in [5.41, 5.74) is 0.944. The minimum Gasteiger partial charge on any atom is -0.497 e. The second-order valence-corrected chi connectivity index (χ2v) is 8.20. The Morgan fingerprint density at radius 1 is 1.32 bits per heavy atom. The molecule has 1 saturated carbocycles. The summed E-state index contributed by atoms with van der Waals surface area (Å²) in [5, 5.41) is 3.87. The van der Waals surface area contributed by atoms with Gasteiger partial charge in [-0.2, -0.15) is 5.10 Å². The number of amides is 1. The van der Waals surface area contributed by atoms with Crippen LogP contribution in [-0.2, 0) is 28.2 Å². The third-order valence-corrected chi connectivity index (χ3v) is 5.73. The molecule has 1 aliphatic carbocycles. The zero-order chi connectivity index (χ0) is 18.0. The zero-order valence-electron chi connectivity index (χ0n) is 14.3. The largest absolute Gasteiger partial charge is 0.497 e. The molecule has 1 aromatic carbocycles. The second-order valence-electron chi connectivity index (χ2n) is 6.21. The fraction of sp³-hybridized carbons (Fsp3) is 0.412. The van der Waals surface area contributed by atoms with E-state index in [4.69, 9.17) is 4.74 Å². The molecule has 25 heavy (non-hydrogen) atoms. The number of ether oxygens (including phenoxy) is 1. The van der Waals surface area contributed by atoms with Crippen LogP contribution in [0.25, 0.3) is 0 Å². The van der Waals surface area contributed by atoms with Gasteiger partial charge in [0.15, 0.2) is 9.84 Å². The van der Waals surface area contributed by atoms with Crippen LogP contribution in [0.2, 0.25) is 0 Å². The summed E-state index contributed by atoms with van der Waals surface area (Å²) in [6.45, 7) is 0.399. The highest BCUT2D eigenvalue weighted by molar-refractivity contribution is 7.92. The molecule has 0 saturated heterocycles. The molecule has 8 heteroatoms. The van der Waals surface area contributed by atoms with Crippen molar-refractivity contribution in [2.24, 2.45) is 7.05 Å². The van der Waals surface area contributed by atoms with E-state index in [2.05, 4.69) is 5.10 Å². The summed E-state index contributed by atoms with van der Waals surface area (Å²) in [6.07, 6.45) is 4.50. The van der Waals surface area contributed by atoms with Crippen molar-refractivity contribution < 1.29 is 17.9 Å². The molecule has 0 spiro atoms. The van der Waals surface area contributed by atoms with Crippen LogP contribution >= 0.6 is 0 Å². The van der Waals surface area contributed by atoms with E-state index in [1.807, 2.05) is 24.3 Å². The van der Waals surface area contributed by atoms with Crippen molar-refractivity contribution in [3.8, 4) is 5.75 Å². The first-order chi connectivity index (χ1) is 11.9. The van der Waals surface area contributed by atoms with E-state index in [9.17, 15) is 13.2 Å². The van der Waals surface area contributed by atoms with Gasteiger partial charge >= 0.3 is 0 Å². The minimum absolute atomic E-state index is 0.0727. The Labute approximate surface area is 147 Å². The smallest absolute Gasteiger partial charge is 0.238 e. The number of aromatic nitrogens is 2. The van der Waals surface area contributed by atoms with Crippen molar-refractivity contribution in [3.63, 3.8) is 0 Å². The molecule has 1 aromatic heterocycles. The van der Waals surface area contributed by atoms with E-state index in [0.717, 1.165) is 24.2 Å². The lowest BCUT2D eigenvalue weighted by Gasteiger charge is -2.22. The van der Waals surface area contributed by atoms with Crippen LogP contribution in [0.15, 0.2) is 41.6 Å². The maximum atomic E-state index is 12.6. The zero-order valence-corrected chi connectivity index (χ0v) is 15.1. The predicted molar refractivity (Wildman–Crippen MR) is 91.8 cm³/mol. The number of nitrogens with zero attached hydrogens (tertiary/aromatic N) is 3. The molecule has 7 nitrogen and oxygen atoms in total. The molecule has 3 rings (SSSR count). The summed E-state index contributed by atoms with van der Waals surface area (Å²) < 4.78 is 31.4. The van der Waals surface area contributed by atoms with Crippen molar-refractivity contribution in [2.75, 3.05) is 12.9 Å². The topological polar surface area (TPSA) is 81.5 Å². The fourth-order valence-electron chi connectivity index (χ4n) is 2.62. The van der Waals surface area contributed by atoms with E-state index < -0.39 is 15.6 Å². The number of benzene rings is 1. The first-order valence-corrected chi connectivity index (χ1v) is 9.68. The average Bonchev–Trinajstić information content (AvgIpc) is 3.32. The lowest BCUT2D eigenvalue weighted by atomic mass is 10.2. The van der Waals surface area contributed by atoms with Gasteiger partial charge in [0.25, 0.3) is 0 Å². The van der Waals surface area contributed by atoms with Crippen molar-refractivity contribution in [2.45, 2.75) is 30.3 Å². The third kappa shape index (κ3) is 4.19. The summed E-state index contributed by atoms with van der Waals surface area (Å²) >= 11 is 0. The van der Waals surface area contributed by atoms with Crippen molar-refractivity contribution >= 4 is 15.7 Å². The summed E-state index contributed by atoms with van der Waals surface area (Å²) in [6, 6.07) is 7.56. The van der Waals surface area contributed by atoms with Gasteiger partial charge in [-0.3, -0.25) is 9.48 Å². The van der Waals surface area contributed by atoms with Crippen molar-refractivity contribution in [1.29, 1.82) is 0 Å². The predicted octanol–water partition coefficient (Wildman–Crippen LogP) is 1.39. The second kappa shape index (κ2) is 6.87. The summed E-state index contributed by atoms with van der Waals surface area (Å²) in [5.74, 6) is -0.167. The SMILES string of the molecule is COc1ccc(CN(C(=O)CS(=O)(=O)c2cnn(C)c2)C2CC2)cc1. The van der Waals surface area contributed by atoms with Crippen molar-refractivity contribution in [3.05, 3.63) is 42.2 Å². The van der Waals surface area contributed by atoms with Gasteiger partial charge in [0.05, 0.1) is 13.3 Å². The van der Waals surface area contributed by atoms with Gasteiger partial charge in [-0.15, -0.1) is 0 Å². The Bertz CT molecular complexity index is 854. The maximum Gasteiger partial charge on any atom is 0.238 e. The number of carbonyl (C=O) groups excluding carboxylic acids is 1. The van der Waals surface area contributed by atoms with Crippen LogP contribution in [0.3, 0.4) is 0 Å². The maximum absolute atomic E-state index is 12.6. The van der Waals surface area contributed by atoms with Gasteiger partial charge in [-0.05, 0) is 30.5 Å². The summed E-state index contributed by atoms with van der Waals surface area (Å²) in [4.78, 5) is 14.4. The van der Waals surface area contributed by atoms with Gasteiger partial charge in [0.2, 0.25) is 5.91 Å². The van der Waals surface area contributed by atoms with Crippen LogP contribution in [0.1, 0.15) is 18.4 Å². The van der Waals surface area contributed by atoms with E-state index >= 15 is 0 Å². The third-order valence-electron chi connectivity index (χ3n) is 4.17. The van der Waals surface area contributed by atoms with E-state index in [1.54, 1.807) is 19.1 Å². The Kier molecular flexibility index (Phi) is 4.80. The molecule has 1 amide bonds. The van der Waals surface area contributed by atoms with Gasteiger partial charge < -0.3 is 9.64 Å². The first kappa shape index (κ1) is 17.5. The fourth-order valence-corrected chi connectivity index (χ4v) is 3.80. The highest BCUT2D eigenvalue weighted by Gasteiger charge is 2.35. The molecule has 0 N–H and O–H groups in total. The van der Waals surface area contributed by atoms with E-state index in [0.29, 0.717) is 6.54 Å². The lowest BCUT2D eigenvalue weighted by molar-refractivity contribution is -0.129. The highest BCUT2D eigenvalue weighted by Crippen LogP contribution is 2.29. The Hall–Kier alpha value is -2.35. The summed E-state index contributed by atoms with van der Waals surface area (Å²) in [7, 11) is -0.451. The lowest BCUT2D eigenvalue weighted by Crippen LogP contribution is -2.37. The number of aryl methyl sites for hydroxylation is 1. The molecule has 0 atom stereocenters. The number of rotatable bonds is 7.